The molecule has 0 aliphatic rings. The van der Waals surface area contributed by atoms with Crippen molar-refractivity contribution in [3.05, 3.63) is 23.8 Å². The van der Waals surface area contributed by atoms with E-state index in [1.54, 1.807) is 7.11 Å². The summed E-state index contributed by atoms with van der Waals surface area (Å²) in [5, 5.41) is 0. The molecule has 3 nitrogen and oxygen atoms in total. The van der Waals surface area contributed by atoms with Crippen LogP contribution in [0.2, 0.25) is 0 Å². The van der Waals surface area contributed by atoms with E-state index in [-0.39, 0.29) is 0 Å². The predicted molar refractivity (Wildman–Crippen MR) is 68.4 cm³/mol. The van der Waals surface area contributed by atoms with Gasteiger partial charge >= 0.3 is 0 Å². The molecule has 0 heterocycles. The summed E-state index contributed by atoms with van der Waals surface area (Å²) in [7, 11) is 6.12. The Hall–Kier alpha value is -1.22. The molecule has 3 heteroatoms. The van der Waals surface area contributed by atoms with Crippen molar-refractivity contribution in [1.29, 1.82) is 0 Å². The molecule has 0 aliphatic carbocycles. The Balaban J connectivity index is 2.78. The smallest absolute Gasteiger partial charge is 0.141 e. The molecule has 0 aromatic heterocycles. The number of hydrogen-bond donors (Lipinski definition) is 1. The fourth-order valence-corrected chi connectivity index (χ4v) is 2.06. The molecule has 0 radical (unpaired) electrons. The zero-order chi connectivity index (χ0) is 12.2. The van der Waals surface area contributed by atoms with Crippen molar-refractivity contribution < 1.29 is 9.22 Å². The molecule has 0 bridgehead atoms. The van der Waals surface area contributed by atoms with E-state index in [1.807, 2.05) is 12.1 Å². The third-order valence-corrected chi connectivity index (χ3v) is 2.73. The van der Waals surface area contributed by atoms with Gasteiger partial charge in [-0.25, -0.2) is 0 Å². The number of nitrogens with two attached hydrogens (primary N) is 1. The quantitative estimate of drug-likeness (QED) is 0.614. The molecule has 0 saturated carbocycles. The molecule has 1 aromatic carbocycles. The molecule has 0 aliphatic heterocycles. The maximum Gasteiger partial charge on any atom is 0.141 e. The van der Waals surface area contributed by atoms with Gasteiger partial charge in [-0.2, -0.15) is 0 Å². The number of anilines is 1. The Morgan fingerprint density at radius 1 is 1.31 bits per heavy atom. The lowest BCUT2D eigenvalue weighted by atomic mass is 10.1. The van der Waals surface area contributed by atoms with E-state index in [0.717, 1.165) is 22.5 Å². The Bertz CT molecular complexity index is 348. The molecule has 90 valence electrons. The van der Waals surface area contributed by atoms with Gasteiger partial charge in [0.1, 0.15) is 12.3 Å². The van der Waals surface area contributed by atoms with Crippen LogP contribution in [0.3, 0.4) is 0 Å². The van der Waals surface area contributed by atoms with E-state index in [4.69, 9.17) is 10.5 Å². The molecule has 2 N–H and O–H groups in total. The summed E-state index contributed by atoms with van der Waals surface area (Å²) in [6.45, 7) is 4.39. The molecule has 0 fully saturated rings. The maximum absolute atomic E-state index is 5.89. The van der Waals surface area contributed by atoms with Crippen LogP contribution in [0.1, 0.15) is 18.9 Å². The highest BCUT2D eigenvalue weighted by molar-refractivity contribution is 5.54. The average molecular weight is 223 g/mol. The monoisotopic (exact) mass is 223 g/mol. The highest BCUT2D eigenvalue weighted by Gasteiger charge is 2.15. The molecule has 0 saturated heterocycles. The fraction of sp³-hybridized carbons (Fsp3) is 0.538. The van der Waals surface area contributed by atoms with Crippen molar-refractivity contribution in [3.63, 3.8) is 0 Å². The zero-order valence-electron chi connectivity index (χ0n) is 10.8. The summed E-state index contributed by atoms with van der Waals surface area (Å²) in [5.74, 6) is 0.754. The summed E-state index contributed by atoms with van der Waals surface area (Å²) >= 11 is 0. The van der Waals surface area contributed by atoms with Crippen molar-refractivity contribution >= 4 is 5.69 Å². The third-order valence-electron chi connectivity index (χ3n) is 2.73. The normalized spacial score (nSPS) is 11.5. The number of methoxy groups -OCH3 is 1. The van der Waals surface area contributed by atoms with E-state index < -0.39 is 0 Å². The third kappa shape index (κ3) is 3.42. The van der Waals surface area contributed by atoms with Crippen LogP contribution in [-0.4, -0.2) is 32.2 Å². The summed E-state index contributed by atoms with van der Waals surface area (Å²) < 4.78 is 6.14. The first-order valence-corrected chi connectivity index (χ1v) is 5.73. The molecule has 1 aromatic rings. The van der Waals surface area contributed by atoms with Crippen LogP contribution in [0.15, 0.2) is 18.2 Å². The van der Waals surface area contributed by atoms with Gasteiger partial charge in [-0.15, -0.1) is 0 Å². The van der Waals surface area contributed by atoms with Gasteiger partial charge in [-0.3, -0.25) is 0 Å². The molecule has 0 amide bonds. The Morgan fingerprint density at radius 3 is 2.50 bits per heavy atom. The highest BCUT2D eigenvalue weighted by Crippen LogP contribution is 2.23. The Kier molecular flexibility index (Phi) is 4.19. The van der Waals surface area contributed by atoms with Crippen LogP contribution in [0.4, 0.5) is 5.69 Å². The number of ether oxygens (including phenoxy) is 1. The minimum absolute atomic E-state index is 0.719. The number of quaternary nitrogens is 1. The van der Waals surface area contributed by atoms with E-state index in [9.17, 15) is 0 Å². The lowest BCUT2D eigenvalue weighted by molar-refractivity contribution is -0.903. The van der Waals surface area contributed by atoms with Crippen LogP contribution in [0.25, 0.3) is 0 Å². The highest BCUT2D eigenvalue weighted by atomic mass is 16.5. The first kappa shape index (κ1) is 12.8. The summed E-state index contributed by atoms with van der Waals surface area (Å²) in [4.78, 5) is 0. The number of nitrogen functional groups attached to an aromatic ring is 1. The Labute approximate surface area is 98.4 Å². The van der Waals surface area contributed by atoms with E-state index in [0.29, 0.717) is 0 Å². The summed E-state index contributed by atoms with van der Waals surface area (Å²) in [5.41, 5.74) is 7.87. The van der Waals surface area contributed by atoms with E-state index >= 15 is 0 Å². The first-order chi connectivity index (χ1) is 7.48. The van der Waals surface area contributed by atoms with Gasteiger partial charge in [0.05, 0.1) is 33.4 Å². The van der Waals surface area contributed by atoms with Gasteiger partial charge in [0, 0.05) is 5.56 Å². The average Bonchev–Trinajstić information content (AvgIpc) is 2.17. The van der Waals surface area contributed by atoms with Crippen molar-refractivity contribution in [2.75, 3.05) is 33.5 Å². The van der Waals surface area contributed by atoms with Gasteiger partial charge in [0.2, 0.25) is 0 Å². The molecule has 0 spiro atoms. The molecule has 1 rings (SSSR count). The number of benzene rings is 1. The van der Waals surface area contributed by atoms with E-state index in [1.165, 1.54) is 18.5 Å². The standard InChI is InChI=1S/C13H23N2O/c1-5-8-15(2,3)10-11-6-7-13(16-4)12(14)9-11/h6-7,9H,5,8,10,14H2,1-4H3/q+1. The fourth-order valence-electron chi connectivity index (χ4n) is 2.06. The summed E-state index contributed by atoms with van der Waals surface area (Å²) in [6, 6.07) is 6.04. The number of rotatable bonds is 5. The second-order valence-electron chi connectivity index (χ2n) is 4.89. The second kappa shape index (κ2) is 5.21. The molecule has 0 unspecified atom stereocenters. The van der Waals surface area contributed by atoms with Crippen molar-refractivity contribution in [2.45, 2.75) is 19.9 Å². The van der Waals surface area contributed by atoms with Gasteiger partial charge in [0.25, 0.3) is 0 Å². The lowest BCUT2D eigenvalue weighted by Crippen LogP contribution is -2.39. The van der Waals surface area contributed by atoms with Crippen LogP contribution in [0.5, 0.6) is 5.75 Å². The molecule has 0 atom stereocenters. The van der Waals surface area contributed by atoms with Crippen LogP contribution in [0, 0.1) is 0 Å². The van der Waals surface area contributed by atoms with Crippen LogP contribution >= 0.6 is 0 Å². The van der Waals surface area contributed by atoms with Crippen LogP contribution in [-0.2, 0) is 6.54 Å². The topological polar surface area (TPSA) is 35.2 Å². The Morgan fingerprint density at radius 2 is 2.00 bits per heavy atom. The molecule has 16 heavy (non-hydrogen) atoms. The van der Waals surface area contributed by atoms with Crippen molar-refractivity contribution in [3.8, 4) is 5.75 Å². The zero-order valence-corrected chi connectivity index (χ0v) is 10.8. The van der Waals surface area contributed by atoms with Gasteiger partial charge in [-0.05, 0) is 24.6 Å². The predicted octanol–water partition coefficient (Wildman–Crippen LogP) is 2.26. The van der Waals surface area contributed by atoms with Crippen molar-refractivity contribution in [2.24, 2.45) is 0 Å². The maximum atomic E-state index is 5.89. The SMILES string of the molecule is CCC[N+](C)(C)Cc1ccc(OC)c(N)c1. The van der Waals surface area contributed by atoms with Crippen LogP contribution < -0.4 is 10.5 Å². The molecular formula is C13H23N2O+. The van der Waals surface area contributed by atoms with Gasteiger partial charge < -0.3 is 15.0 Å². The summed E-state index contributed by atoms with van der Waals surface area (Å²) in [6.07, 6.45) is 1.19. The van der Waals surface area contributed by atoms with Gasteiger partial charge in [0.15, 0.2) is 0 Å². The lowest BCUT2D eigenvalue weighted by Gasteiger charge is -2.29. The largest absolute Gasteiger partial charge is 0.495 e. The minimum atomic E-state index is 0.719. The van der Waals surface area contributed by atoms with Crippen molar-refractivity contribution in [1.82, 2.24) is 0 Å². The number of nitrogens with zero attached hydrogens (tertiary/aromatic N) is 1. The second-order valence-corrected chi connectivity index (χ2v) is 4.89. The number of hydrogen-bond acceptors (Lipinski definition) is 2. The molecular weight excluding hydrogens is 200 g/mol. The first-order valence-electron chi connectivity index (χ1n) is 5.73. The van der Waals surface area contributed by atoms with E-state index in [2.05, 4.69) is 27.1 Å². The van der Waals surface area contributed by atoms with Gasteiger partial charge in [-0.1, -0.05) is 6.92 Å². The minimum Gasteiger partial charge on any atom is -0.495 e.